The summed E-state index contributed by atoms with van der Waals surface area (Å²) in [5.41, 5.74) is 6.55. The lowest BCUT2D eigenvalue weighted by molar-refractivity contribution is 0.416. The van der Waals surface area contributed by atoms with Gasteiger partial charge in [-0.15, -0.1) is 5.10 Å². The Bertz CT molecular complexity index is 497. The van der Waals surface area contributed by atoms with E-state index < -0.39 is 0 Å². The molecule has 0 saturated carbocycles. The van der Waals surface area contributed by atoms with Crippen LogP contribution in [0.2, 0.25) is 0 Å². The Kier molecular flexibility index (Phi) is 3.00. The zero-order valence-corrected chi connectivity index (χ0v) is 9.84. The predicted octanol–water partition coefficient (Wildman–Crippen LogP) is 1.86. The second-order valence-corrected chi connectivity index (χ2v) is 4.19. The maximum absolute atomic E-state index is 5.94. The van der Waals surface area contributed by atoms with Crippen molar-refractivity contribution < 1.29 is 4.74 Å². The molecule has 0 bridgehead atoms. The summed E-state index contributed by atoms with van der Waals surface area (Å²) in [5, 5.41) is 7.47. The van der Waals surface area contributed by atoms with Gasteiger partial charge in [-0.3, -0.25) is 5.10 Å². The van der Waals surface area contributed by atoms with Crippen molar-refractivity contribution in [3.05, 3.63) is 24.0 Å². The lowest BCUT2D eigenvalue weighted by atomic mass is 10.3. The highest BCUT2D eigenvalue weighted by Gasteiger charge is 2.09. The van der Waals surface area contributed by atoms with E-state index in [4.69, 9.17) is 10.5 Å². The molecule has 0 unspecified atom stereocenters. The van der Waals surface area contributed by atoms with Gasteiger partial charge in [0.25, 0.3) is 0 Å². The quantitative estimate of drug-likeness (QED) is 0.795. The van der Waals surface area contributed by atoms with E-state index in [9.17, 15) is 0 Å². The molecule has 84 valence electrons. The molecule has 6 heteroatoms. The van der Waals surface area contributed by atoms with E-state index in [1.54, 1.807) is 7.11 Å². The molecule has 0 saturated heterocycles. The second kappa shape index (κ2) is 4.44. The number of nitrogen functional groups attached to an aromatic ring is 1. The molecule has 1 aromatic carbocycles. The molecule has 0 aliphatic rings. The van der Waals surface area contributed by atoms with Crippen molar-refractivity contribution in [3.8, 4) is 5.75 Å². The van der Waals surface area contributed by atoms with Crippen molar-refractivity contribution in [3.63, 3.8) is 0 Å². The van der Waals surface area contributed by atoms with Crippen LogP contribution in [0.3, 0.4) is 0 Å². The number of nitrogens with zero attached hydrogens (tertiary/aromatic N) is 2. The number of ether oxygens (including phenoxy) is 1. The molecule has 3 N–H and O–H groups in total. The Balaban J connectivity index is 2.28. The Morgan fingerprint density at radius 3 is 2.88 bits per heavy atom. The third kappa shape index (κ3) is 2.11. The first-order valence-electron chi connectivity index (χ1n) is 4.70. The second-order valence-electron chi connectivity index (χ2n) is 3.18. The molecule has 0 amide bonds. The fourth-order valence-corrected chi connectivity index (χ4v) is 2.08. The molecule has 5 nitrogen and oxygen atoms in total. The Morgan fingerprint density at radius 2 is 2.25 bits per heavy atom. The standard InChI is InChI=1S/C10H12N4OS/c1-6-12-10(14-13-6)16-8-5-3-4-7(15-2)9(8)11/h3-5H,11H2,1-2H3,(H,12,13,14). The number of aromatic nitrogens is 3. The number of methoxy groups -OCH3 is 1. The molecular formula is C10H12N4OS. The maximum Gasteiger partial charge on any atom is 0.213 e. The molecule has 1 aromatic heterocycles. The minimum Gasteiger partial charge on any atom is -0.495 e. The van der Waals surface area contributed by atoms with Crippen molar-refractivity contribution >= 4 is 17.4 Å². The van der Waals surface area contributed by atoms with Crippen molar-refractivity contribution in [1.82, 2.24) is 15.2 Å². The number of benzene rings is 1. The SMILES string of the molecule is COc1cccc(Sc2n[nH]c(C)n2)c1N. The number of aromatic amines is 1. The van der Waals surface area contributed by atoms with Crippen LogP contribution in [0, 0.1) is 6.92 Å². The highest BCUT2D eigenvalue weighted by molar-refractivity contribution is 7.99. The predicted molar refractivity (Wildman–Crippen MR) is 62.6 cm³/mol. The monoisotopic (exact) mass is 236 g/mol. The molecule has 0 spiro atoms. The van der Waals surface area contributed by atoms with Crippen LogP contribution >= 0.6 is 11.8 Å². The summed E-state index contributed by atoms with van der Waals surface area (Å²) in [6.45, 7) is 1.85. The number of aryl methyl sites for hydroxylation is 1. The van der Waals surface area contributed by atoms with Gasteiger partial charge in [-0.25, -0.2) is 4.98 Å². The zero-order valence-electron chi connectivity index (χ0n) is 9.02. The Labute approximate surface area is 97.4 Å². The van der Waals surface area contributed by atoms with Gasteiger partial charge in [-0.2, -0.15) is 0 Å². The minimum atomic E-state index is 0.609. The Hall–Kier alpha value is -1.69. The zero-order chi connectivity index (χ0) is 11.5. The minimum absolute atomic E-state index is 0.609. The van der Waals surface area contributed by atoms with Crippen LogP contribution in [0.5, 0.6) is 5.75 Å². The van der Waals surface area contributed by atoms with Crippen LogP contribution < -0.4 is 10.5 Å². The molecule has 0 fully saturated rings. The fraction of sp³-hybridized carbons (Fsp3) is 0.200. The highest BCUT2D eigenvalue weighted by Crippen LogP contribution is 2.35. The first-order chi connectivity index (χ1) is 7.70. The summed E-state index contributed by atoms with van der Waals surface area (Å²) in [6.07, 6.45) is 0. The number of nitrogens with one attached hydrogen (secondary N) is 1. The van der Waals surface area contributed by atoms with Gasteiger partial charge < -0.3 is 10.5 Å². The summed E-state index contributed by atoms with van der Waals surface area (Å²) in [4.78, 5) is 5.09. The molecule has 1 heterocycles. The van der Waals surface area contributed by atoms with Crippen LogP contribution in [0.15, 0.2) is 28.3 Å². The van der Waals surface area contributed by atoms with Crippen molar-refractivity contribution in [2.75, 3.05) is 12.8 Å². The number of H-pyrrole nitrogens is 1. The van der Waals surface area contributed by atoms with Crippen molar-refractivity contribution in [2.24, 2.45) is 0 Å². The van der Waals surface area contributed by atoms with Crippen LogP contribution in [-0.2, 0) is 0 Å². The normalized spacial score (nSPS) is 10.4. The average Bonchev–Trinajstić information content (AvgIpc) is 2.67. The van der Waals surface area contributed by atoms with E-state index >= 15 is 0 Å². The maximum atomic E-state index is 5.94. The largest absolute Gasteiger partial charge is 0.495 e. The van der Waals surface area contributed by atoms with Gasteiger partial charge in [0.15, 0.2) is 0 Å². The van der Waals surface area contributed by atoms with E-state index in [1.807, 2.05) is 25.1 Å². The topological polar surface area (TPSA) is 76.8 Å². The molecule has 0 atom stereocenters. The smallest absolute Gasteiger partial charge is 0.213 e. The van der Waals surface area contributed by atoms with Crippen LogP contribution in [-0.4, -0.2) is 22.3 Å². The fourth-order valence-electron chi connectivity index (χ4n) is 1.26. The van der Waals surface area contributed by atoms with Crippen LogP contribution in [0.25, 0.3) is 0 Å². The van der Waals surface area contributed by atoms with E-state index in [-0.39, 0.29) is 0 Å². The Morgan fingerprint density at radius 1 is 1.44 bits per heavy atom. The van der Waals surface area contributed by atoms with Crippen LogP contribution in [0.1, 0.15) is 5.82 Å². The third-order valence-electron chi connectivity index (χ3n) is 2.02. The van der Waals surface area contributed by atoms with E-state index in [0.717, 1.165) is 10.7 Å². The summed E-state index contributed by atoms with van der Waals surface area (Å²) in [7, 11) is 1.59. The van der Waals surface area contributed by atoms with Gasteiger partial charge in [-0.05, 0) is 30.8 Å². The van der Waals surface area contributed by atoms with Crippen LogP contribution in [0.4, 0.5) is 5.69 Å². The molecule has 16 heavy (non-hydrogen) atoms. The van der Waals surface area contributed by atoms with E-state index in [2.05, 4.69) is 15.2 Å². The third-order valence-corrected chi connectivity index (χ3v) is 2.97. The van der Waals surface area contributed by atoms with Gasteiger partial charge in [0.05, 0.1) is 12.8 Å². The van der Waals surface area contributed by atoms with Gasteiger partial charge >= 0.3 is 0 Å². The van der Waals surface area contributed by atoms with Gasteiger partial charge in [0.1, 0.15) is 11.6 Å². The van der Waals surface area contributed by atoms with Crippen molar-refractivity contribution in [1.29, 1.82) is 0 Å². The molecule has 2 aromatic rings. The summed E-state index contributed by atoms with van der Waals surface area (Å²) in [6, 6.07) is 5.62. The van der Waals surface area contributed by atoms with E-state index in [0.29, 0.717) is 16.6 Å². The lowest BCUT2D eigenvalue weighted by Crippen LogP contribution is -1.94. The number of anilines is 1. The first-order valence-corrected chi connectivity index (χ1v) is 5.51. The first kappa shape index (κ1) is 10.8. The summed E-state index contributed by atoms with van der Waals surface area (Å²) in [5.74, 6) is 1.45. The van der Waals surface area contributed by atoms with Crippen molar-refractivity contribution in [2.45, 2.75) is 17.0 Å². The average molecular weight is 236 g/mol. The van der Waals surface area contributed by atoms with Gasteiger partial charge in [0.2, 0.25) is 5.16 Å². The number of nitrogens with two attached hydrogens (primary N) is 1. The van der Waals surface area contributed by atoms with E-state index in [1.165, 1.54) is 11.8 Å². The summed E-state index contributed by atoms with van der Waals surface area (Å²) < 4.78 is 5.14. The molecule has 2 rings (SSSR count). The lowest BCUT2D eigenvalue weighted by Gasteiger charge is -2.07. The molecular weight excluding hydrogens is 224 g/mol. The number of hydrogen-bond donors (Lipinski definition) is 2. The number of hydrogen-bond acceptors (Lipinski definition) is 5. The molecule has 0 aliphatic carbocycles. The number of para-hydroxylation sites is 1. The summed E-state index contributed by atoms with van der Waals surface area (Å²) >= 11 is 1.41. The highest BCUT2D eigenvalue weighted by atomic mass is 32.2. The van der Waals surface area contributed by atoms with Gasteiger partial charge in [0, 0.05) is 4.90 Å². The number of rotatable bonds is 3. The molecule has 0 aliphatic heterocycles. The van der Waals surface area contributed by atoms with Gasteiger partial charge in [-0.1, -0.05) is 6.07 Å². The molecule has 0 radical (unpaired) electrons.